The van der Waals surface area contributed by atoms with Gasteiger partial charge in [0.25, 0.3) is 0 Å². The van der Waals surface area contributed by atoms with Gasteiger partial charge in [0.1, 0.15) is 30.4 Å². The number of aromatic nitrogens is 4. The van der Waals surface area contributed by atoms with Gasteiger partial charge in [0.05, 0.1) is 22.8 Å². The number of nitrogens with one attached hydrogen (secondary N) is 2. The van der Waals surface area contributed by atoms with Crippen LogP contribution in [0.3, 0.4) is 0 Å². The highest BCUT2D eigenvalue weighted by atomic mass is 32.1. The Bertz CT molecular complexity index is 2060. The van der Waals surface area contributed by atoms with Crippen molar-refractivity contribution in [1.29, 1.82) is 5.26 Å². The third-order valence-electron chi connectivity index (χ3n) is 7.80. The number of H-pyrrole nitrogens is 1. The molecule has 0 saturated carbocycles. The quantitative estimate of drug-likeness (QED) is 0.105. The van der Waals surface area contributed by atoms with Gasteiger partial charge >= 0.3 is 12.1 Å². The molecule has 1 aliphatic rings. The molecule has 0 radical (unpaired) electrons. The Morgan fingerprint density at radius 2 is 1.87 bits per heavy atom. The van der Waals surface area contributed by atoms with Gasteiger partial charge in [-0.15, -0.1) is 22.7 Å². The number of thiophene rings is 2. The zero-order valence-corrected chi connectivity index (χ0v) is 27.3. The molecule has 4 heterocycles. The lowest BCUT2D eigenvalue weighted by Gasteiger charge is -2.20. The number of hydrogen-bond acceptors (Lipinski definition) is 12. The fraction of sp³-hybridized carbons (Fsp3) is 0.250. The second kappa shape index (κ2) is 12.7. The second-order valence-electron chi connectivity index (χ2n) is 11.3. The van der Waals surface area contributed by atoms with Crippen molar-refractivity contribution < 1.29 is 24.2 Å². The van der Waals surface area contributed by atoms with E-state index in [1.54, 1.807) is 17.4 Å². The molecule has 13 nitrogen and oxygen atoms in total. The minimum Gasteiger partial charge on any atom is -0.477 e. The van der Waals surface area contributed by atoms with Crippen LogP contribution >= 0.6 is 22.7 Å². The lowest BCUT2D eigenvalue weighted by Crippen LogP contribution is -2.28. The number of nitrogen functional groups attached to an aromatic ring is 1. The number of alkyl carbamates (subject to hydrolysis) is 1. The average Bonchev–Trinajstić information content (AvgIpc) is 3.82. The first kappa shape index (κ1) is 31.5. The molecule has 47 heavy (non-hydrogen) atoms. The van der Waals surface area contributed by atoms with Crippen LogP contribution in [0.25, 0.3) is 27.0 Å². The number of carbonyl (C=O) groups is 2. The largest absolute Gasteiger partial charge is 0.477 e. The number of imidazole rings is 1. The molecule has 6 rings (SSSR count). The number of likely N-dealkylation sites (N-methyl/N-ethyl adjacent to an activating group) is 1. The zero-order valence-electron chi connectivity index (χ0n) is 25.7. The number of carboxylic acid groups (broad SMARTS) is 1. The molecule has 5 aromatic rings. The van der Waals surface area contributed by atoms with Crippen molar-refractivity contribution >= 4 is 62.9 Å². The minimum atomic E-state index is -1.24. The van der Waals surface area contributed by atoms with E-state index in [1.807, 2.05) is 42.3 Å². The van der Waals surface area contributed by atoms with Crippen LogP contribution in [0.5, 0.6) is 5.88 Å². The number of amides is 1. The Hall–Kier alpha value is -5.46. The van der Waals surface area contributed by atoms with Crippen LogP contribution < -0.4 is 20.7 Å². The number of anilines is 2. The molecule has 0 spiro atoms. The number of benzene rings is 1. The highest BCUT2D eigenvalue weighted by molar-refractivity contribution is 7.25. The number of fused-ring (bicyclic) bond motifs is 4. The first-order valence-corrected chi connectivity index (χ1v) is 16.1. The molecule has 0 aliphatic heterocycles. The Balaban J connectivity index is 0.980. The molecule has 5 N–H and O–H groups in total. The minimum absolute atomic E-state index is 0.0805. The van der Waals surface area contributed by atoms with Crippen LogP contribution in [-0.4, -0.2) is 57.3 Å². The van der Waals surface area contributed by atoms with Crippen molar-refractivity contribution in [3.63, 3.8) is 0 Å². The number of ether oxygens (including phenoxy) is 2. The molecule has 0 unspecified atom stereocenters. The van der Waals surface area contributed by atoms with E-state index < -0.39 is 12.1 Å². The van der Waals surface area contributed by atoms with Crippen molar-refractivity contribution in [3.05, 3.63) is 75.4 Å². The van der Waals surface area contributed by atoms with E-state index in [0.29, 0.717) is 30.1 Å². The predicted octanol–water partition coefficient (Wildman–Crippen LogP) is 5.30. The van der Waals surface area contributed by atoms with Gasteiger partial charge in [-0.2, -0.15) is 15.2 Å². The number of hydrogen-bond donors (Lipinski definition) is 4. The molecule has 0 saturated heterocycles. The van der Waals surface area contributed by atoms with Gasteiger partial charge in [-0.1, -0.05) is 38.1 Å². The summed E-state index contributed by atoms with van der Waals surface area (Å²) in [5, 5.41) is 22.2. The van der Waals surface area contributed by atoms with Crippen LogP contribution in [0, 0.1) is 11.3 Å². The summed E-state index contributed by atoms with van der Waals surface area (Å²) < 4.78 is 11.3. The van der Waals surface area contributed by atoms with Crippen LogP contribution in [0.4, 0.5) is 15.7 Å². The molecule has 15 heteroatoms. The maximum absolute atomic E-state index is 12.4. The second-order valence-corrected chi connectivity index (χ2v) is 13.4. The first-order valence-electron chi connectivity index (χ1n) is 14.5. The molecule has 0 fully saturated rings. The summed E-state index contributed by atoms with van der Waals surface area (Å²) in [7, 11) is 1.95. The van der Waals surface area contributed by atoms with Crippen molar-refractivity contribution in [1.82, 2.24) is 25.3 Å². The van der Waals surface area contributed by atoms with Gasteiger partial charge in [0.2, 0.25) is 11.8 Å². The maximum atomic E-state index is 12.4. The summed E-state index contributed by atoms with van der Waals surface area (Å²) in [5.41, 5.74) is 10.3. The fourth-order valence-electron chi connectivity index (χ4n) is 5.19. The smallest absolute Gasteiger partial charge is 0.407 e. The van der Waals surface area contributed by atoms with Gasteiger partial charge in [-0.05, 0) is 40.5 Å². The van der Waals surface area contributed by atoms with Gasteiger partial charge in [0, 0.05) is 28.8 Å². The molecule has 1 aromatic carbocycles. The lowest BCUT2D eigenvalue weighted by atomic mass is 9.84. The van der Waals surface area contributed by atoms with Crippen LogP contribution in [0.15, 0.2) is 48.3 Å². The van der Waals surface area contributed by atoms with Gasteiger partial charge in [-0.25, -0.2) is 14.6 Å². The zero-order chi connectivity index (χ0) is 33.3. The summed E-state index contributed by atoms with van der Waals surface area (Å²) in [4.78, 5) is 43.9. The van der Waals surface area contributed by atoms with Crippen molar-refractivity contribution in [3.8, 4) is 21.7 Å². The molecule has 4 aromatic heterocycles. The molecule has 0 atom stereocenters. The summed E-state index contributed by atoms with van der Waals surface area (Å²) in [5.74, 6) is -0.835. The SMILES string of the molecule is CN(CCOC(=O)NCc1ccc(COc2nc(N)nc3nc[nH]c23)cc1)c1cc2c(s1)-c1sc(/C=C(/C#N)C(=O)O)cc1C2(C)C. The van der Waals surface area contributed by atoms with E-state index in [9.17, 15) is 14.7 Å². The van der Waals surface area contributed by atoms with E-state index in [4.69, 9.17) is 20.5 Å². The van der Waals surface area contributed by atoms with E-state index in [0.717, 1.165) is 36.3 Å². The number of nitrogens with two attached hydrogens (primary N) is 1. The van der Waals surface area contributed by atoms with E-state index >= 15 is 0 Å². The fourth-order valence-corrected chi connectivity index (χ4v) is 7.91. The number of carbonyl (C=O) groups excluding carboxylic acids is 1. The van der Waals surface area contributed by atoms with Gasteiger partial charge in [0.15, 0.2) is 5.65 Å². The van der Waals surface area contributed by atoms with E-state index in [2.05, 4.69) is 45.2 Å². The predicted molar refractivity (Wildman–Crippen MR) is 179 cm³/mol. The summed E-state index contributed by atoms with van der Waals surface area (Å²) in [6.45, 7) is 5.55. The van der Waals surface area contributed by atoms with Gasteiger partial charge in [-0.3, -0.25) is 0 Å². The third kappa shape index (κ3) is 6.46. The molecule has 1 amide bonds. The highest BCUT2D eigenvalue weighted by Crippen LogP contribution is 2.57. The van der Waals surface area contributed by atoms with E-state index in [-0.39, 0.29) is 30.2 Å². The molecule has 0 bridgehead atoms. The van der Waals surface area contributed by atoms with Crippen LogP contribution in [0.1, 0.15) is 41.0 Å². The third-order valence-corrected chi connectivity index (χ3v) is 10.3. The maximum Gasteiger partial charge on any atom is 0.407 e. The van der Waals surface area contributed by atoms with Crippen LogP contribution in [0.2, 0.25) is 0 Å². The number of aromatic amines is 1. The normalized spacial score (nSPS) is 13.1. The average molecular weight is 671 g/mol. The number of nitrogens with zero attached hydrogens (tertiary/aromatic N) is 5. The summed E-state index contributed by atoms with van der Waals surface area (Å²) in [6.07, 6.45) is 2.42. The van der Waals surface area contributed by atoms with E-state index in [1.165, 1.54) is 29.3 Å². The molecular formula is C32H30N8O5S2. The van der Waals surface area contributed by atoms with Crippen molar-refractivity contribution in [2.45, 2.75) is 32.4 Å². The summed E-state index contributed by atoms with van der Waals surface area (Å²) >= 11 is 3.13. The Morgan fingerprint density at radius 3 is 2.62 bits per heavy atom. The standard InChI is InChI=1S/C32H30N8O5S2/c1-32(2)21-11-20(10-19(13-33)29(41)42)46-25(21)26-22(32)12-23(47-26)40(3)8-9-44-31(43)35-14-17-4-6-18(7-5-17)15-45-28-24-27(37-16-36-24)38-30(34)39-28/h4-7,10-12,16H,8-9,14-15H2,1-3H3,(H,35,43)(H,41,42)(H3,34,36,37,38,39)/b19-10-. The van der Waals surface area contributed by atoms with Crippen LogP contribution in [-0.2, 0) is 28.1 Å². The lowest BCUT2D eigenvalue weighted by molar-refractivity contribution is -0.132. The first-order chi connectivity index (χ1) is 22.5. The number of carboxylic acids is 1. The van der Waals surface area contributed by atoms with Crippen molar-refractivity contribution in [2.24, 2.45) is 0 Å². The number of rotatable bonds is 11. The Morgan fingerprint density at radius 1 is 1.15 bits per heavy atom. The molecule has 1 aliphatic carbocycles. The summed E-state index contributed by atoms with van der Waals surface area (Å²) in [6, 6.07) is 13.5. The van der Waals surface area contributed by atoms with Gasteiger partial charge < -0.3 is 35.5 Å². The topological polar surface area (TPSA) is 192 Å². The molecule has 240 valence electrons. The molecular weight excluding hydrogens is 641 g/mol. The number of aliphatic carboxylic acids is 1. The highest BCUT2D eigenvalue weighted by Gasteiger charge is 2.39. The van der Waals surface area contributed by atoms with Crippen molar-refractivity contribution in [2.75, 3.05) is 30.8 Å². The Labute approximate surface area is 277 Å². The monoisotopic (exact) mass is 670 g/mol. The number of nitriles is 1. The Kier molecular flexibility index (Phi) is 8.54.